The van der Waals surface area contributed by atoms with Crippen LogP contribution in [0, 0.1) is 11.8 Å². The van der Waals surface area contributed by atoms with Crippen LogP contribution in [0.4, 0.5) is 0 Å². The zero-order valence-electron chi connectivity index (χ0n) is 20.6. The van der Waals surface area contributed by atoms with Crippen LogP contribution in [-0.2, 0) is 18.7 Å². The van der Waals surface area contributed by atoms with E-state index in [-0.39, 0.29) is 34.0 Å². The molecule has 1 N–H and O–H groups in total. The van der Waals surface area contributed by atoms with Gasteiger partial charge in [-0.1, -0.05) is 40.7 Å². The lowest BCUT2D eigenvalue weighted by atomic mass is 9.77. The summed E-state index contributed by atoms with van der Waals surface area (Å²) in [7, 11) is -2.87. The Bertz CT molecular complexity index is 710. The van der Waals surface area contributed by atoms with E-state index in [4.69, 9.17) is 13.9 Å². The molecule has 1 heterocycles. The van der Waals surface area contributed by atoms with Gasteiger partial charge in [0.15, 0.2) is 16.6 Å². The molecule has 2 aliphatic rings. The van der Waals surface area contributed by atoms with E-state index in [9.17, 15) is 9.59 Å². The van der Waals surface area contributed by atoms with E-state index < -0.39 is 16.6 Å². The monoisotopic (exact) mass is 454 g/mol. The first-order valence-corrected chi connectivity index (χ1v) is 16.9. The Morgan fingerprint density at radius 2 is 1.80 bits per heavy atom. The van der Waals surface area contributed by atoms with Gasteiger partial charge in [-0.15, -0.1) is 0 Å². The third-order valence-corrected chi connectivity index (χ3v) is 15.9. The first-order valence-electron chi connectivity index (χ1n) is 11.0. The maximum Gasteiger partial charge on any atom is 0.337 e. The fraction of sp³-hybridized carbons (Fsp3) is 0.783. The third-order valence-electron chi connectivity index (χ3n) is 7.86. The average molecular weight is 455 g/mol. The number of allylic oxidation sites excluding steroid dienone is 1. The Morgan fingerprint density at radius 3 is 2.30 bits per heavy atom. The Morgan fingerprint density at radius 1 is 1.20 bits per heavy atom. The lowest BCUT2D eigenvalue weighted by Gasteiger charge is -2.43. The molecule has 0 aromatic heterocycles. The first kappa shape index (κ1) is 25.4. The molecule has 0 saturated carbocycles. The Kier molecular flexibility index (Phi) is 7.24. The maximum atomic E-state index is 12.4. The highest BCUT2D eigenvalue weighted by atomic mass is 28.4. The smallest absolute Gasteiger partial charge is 0.337 e. The normalized spacial score (nSPS) is 25.2. The lowest BCUT2D eigenvalue weighted by molar-refractivity contribution is -0.138. The summed E-state index contributed by atoms with van der Waals surface area (Å²) in [6.07, 6.45) is 5.28. The van der Waals surface area contributed by atoms with Gasteiger partial charge in [0, 0.05) is 11.8 Å². The van der Waals surface area contributed by atoms with E-state index >= 15 is 0 Å². The fourth-order valence-corrected chi connectivity index (χ4v) is 5.51. The second-order valence-electron chi connectivity index (χ2n) is 11.6. The second-order valence-corrected chi connectivity index (χ2v) is 20.9. The van der Waals surface area contributed by atoms with Crippen LogP contribution in [0.5, 0.6) is 0 Å². The molecule has 172 valence electrons. The number of ether oxygens (including phenoxy) is 2. The Labute approximate surface area is 185 Å². The van der Waals surface area contributed by atoms with Crippen molar-refractivity contribution in [1.29, 1.82) is 0 Å². The van der Waals surface area contributed by atoms with Crippen molar-refractivity contribution in [2.75, 3.05) is 13.7 Å². The SMILES string of the molecule is COC(=O)C1=CO[C@@H](CC(C)(C)[Si](C)(C)O)[C@@H]2C(CO[Si](C)(C)C(C)(C)C)=CC[C@H]12. The number of carbonyl (C=O) groups is 1. The summed E-state index contributed by atoms with van der Waals surface area (Å²) in [5.41, 5.74) is 1.83. The zero-order valence-corrected chi connectivity index (χ0v) is 22.6. The van der Waals surface area contributed by atoms with Gasteiger partial charge in [-0.05, 0) is 54.7 Å². The van der Waals surface area contributed by atoms with Crippen LogP contribution in [0.3, 0.4) is 0 Å². The minimum absolute atomic E-state index is 0.0495. The summed E-state index contributed by atoms with van der Waals surface area (Å²) in [6, 6.07) is 0. The van der Waals surface area contributed by atoms with Gasteiger partial charge in [-0.25, -0.2) is 4.79 Å². The van der Waals surface area contributed by atoms with E-state index in [1.54, 1.807) is 6.26 Å². The van der Waals surface area contributed by atoms with Crippen molar-refractivity contribution in [2.24, 2.45) is 11.8 Å². The number of rotatable bonds is 7. The van der Waals surface area contributed by atoms with Crippen LogP contribution >= 0.6 is 0 Å². The molecule has 0 aromatic rings. The standard InChI is InChI=1S/C23H42O5Si2/c1-22(2,3)30(9,10)28-14-16-11-12-17-18(21(24)26-6)15-27-19(20(16)17)13-23(4,5)29(7,8)25/h11,15,17,19-20,25H,12-14H2,1-10H3/t17-,19+,20-/m1/s1. The van der Waals surface area contributed by atoms with Crippen molar-refractivity contribution in [1.82, 2.24) is 0 Å². The molecule has 0 bridgehead atoms. The number of esters is 1. The van der Waals surface area contributed by atoms with E-state index in [1.807, 2.05) is 13.1 Å². The molecular weight excluding hydrogens is 412 g/mol. The van der Waals surface area contributed by atoms with Crippen molar-refractivity contribution in [3.05, 3.63) is 23.5 Å². The molecular formula is C23H42O5Si2. The highest BCUT2D eigenvalue weighted by Crippen LogP contribution is 2.50. The molecule has 5 nitrogen and oxygen atoms in total. The van der Waals surface area contributed by atoms with Crippen LogP contribution in [0.15, 0.2) is 23.5 Å². The van der Waals surface area contributed by atoms with Crippen molar-refractivity contribution in [2.45, 2.75) is 89.8 Å². The van der Waals surface area contributed by atoms with Crippen LogP contribution in [0.25, 0.3) is 0 Å². The largest absolute Gasteiger partial charge is 0.497 e. The van der Waals surface area contributed by atoms with Crippen LogP contribution in [-0.4, -0.2) is 47.2 Å². The predicted molar refractivity (Wildman–Crippen MR) is 126 cm³/mol. The summed E-state index contributed by atoms with van der Waals surface area (Å²) < 4.78 is 17.7. The molecule has 1 aliphatic heterocycles. The highest BCUT2D eigenvalue weighted by molar-refractivity contribution is 6.74. The van der Waals surface area contributed by atoms with Crippen LogP contribution in [0.2, 0.25) is 36.3 Å². The van der Waals surface area contributed by atoms with Gasteiger partial charge in [0.25, 0.3) is 0 Å². The molecule has 7 heteroatoms. The molecule has 0 radical (unpaired) electrons. The molecule has 30 heavy (non-hydrogen) atoms. The van der Waals surface area contributed by atoms with Crippen LogP contribution < -0.4 is 0 Å². The summed E-state index contributed by atoms with van der Waals surface area (Å²) in [4.78, 5) is 23.2. The molecule has 3 atom stereocenters. The molecule has 0 saturated heterocycles. The minimum atomic E-state index is -2.39. The van der Waals surface area contributed by atoms with Crippen molar-refractivity contribution < 1.29 is 23.5 Å². The van der Waals surface area contributed by atoms with Gasteiger partial charge in [-0.3, -0.25) is 0 Å². The minimum Gasteiger partial charge on any atom is -0.497 e. The summed E-state index contributed by atoms with van der Waals surface area (Å²) in [6.45, 7) is 20.0. The number of carbonyl (C=O) groups excluding carboxylic acids is 1. The van der Waals surface area contributed by atoms with Gasteiger partial charge in [0.05, 0.1) is 25.6 Å². The number of hydrogen-bond acceptors (Lipinski definition) is 5. The van der Waals surface area contributed by atoms with Crippen molar-refractivity contribution in [3.63, 3.8) is 0 Å². The summed E-state index contributed by atoms with van der Waals surface area (Å²) in [5, 5.41) is -0.0770. The molecule has 0 spiro atoms. The zero-order chi connectivity index (χ0) is 23.1. The van der Waals surface area contributed by atoms with Gasteiger partial charge in [-0.2, -0.15) is 0 Å². The number of methoxy groups -OCH3 is 1. The van der Waals surface area contributed by atoms with E-state index in [0.717, 1.165) is 12.8 Å². The van der Waals surface area contributed by atoms with Crippen LogP contribution in [0.1, 0.15) is 47.5 Å². The first-order chi connectivity index (χ1) is 13.5. The van der Waals surface area contributed by atoms with Gasteiger partial charge < -0.3 is 18.7 Å². The average Bonchev–Trinajstić information content (AvgIpc) is 3.02. The van der Waals surface area contributed by atoms with Crippen molar-refractivity contribution >= 4 is 22.6 Å². The van der Waals surface area contributed by atoms with Gasteiger partial charge in [0.2, 0.25) is 0 Å². The summed E-state index contributed by atoms with van der Waals surface area (Å²) in [5.74, 6) is -0.197. The fourth-order valence-electron chi connectivity index (χ4n) is 3.85. The molecule has 2 rings (SSSR count). The molecule has 0 amide bonds. The molecule has 1 aliphatic carbocycles. The quantitative estimate of drug-likeness (QED) is 0.317. The third kappa shape index (κ3) is 5.11. The molecule has 0 aromatic carbocycles. The second kappa shape index (κ2) is 8.56. The van der Waals surface area contributed by atoms with Gasteiger partial charge >= 0.3 is 5.97 Å². The maximum absolute atomic E-state index is 12.4. The van der Waals surface area contributed by atoms with E-state index in [1.165, 1.54) is 12.7 Å². The topological polar surface area (TPSA) is 65.0 Å². The predicted octanol–water partition coefficient (Wildman–Crippen LogP) is 5.39. The summed E-state index contributed by atoms with van der Waals surface area (Å²) >= 11 is 0. The lowest BCUT2D eigenvalue weighted by Crippen LogP contribution is -2.45. The number of fused-ring (bicyclic) bond motifs is 1. The molecule has 0 unspecified atom stereocenters. The van der Waals surface area contributed by atoms with E-state index in [0.29, 0.717) is 12.2 Å². The highest BCUT2D eigenvalue weighted by Gasteiger charge is 2.49. The molecule has 0 fully saturated rings. The number of hydrogen-bond donors (Lipinski definition) is 1. The Balaban J connectivity index is 2.30. The Hall–Kier alpha value is -0.896. The van der Waals surface area contributed by atoms with Crippen molar-refractivity contribution in [3.8, 4) is 0 Å². The van der Waals surface area contributed by atoms with Gasteiger partial charge in [0.1, 0.15) is 6.10 Å². The van der Waals surface area contributed by atoms with E-state index in [2.05, 4.69) is 53.8 Å².